The number of ether oxygens (including phenoxy) is 1. The molecule has 0 spiro atoms. The summed E-state index contributed by atoms with van der Waals surface area (Å²) < 4.78 is 31.8. The highest BCUT2D eigenvalue weighted by atomic mass is 35.5. The van der Waals surface area contributed by atoms with Crippen LogP contribution in [0.4, 0.5) is 4.79 Å². The molecule has 0 aliphatic carbocycles. The molecule has 3 rings (SSSR count). The molecule has 1 aromatic rings. The molecule has 0 N–H and O–H groups in total. The zero-order valence-corrected chi connectivity index (χ0v) is 14.7. The normalized spacial score (nSPS) is 20.2. The minimum atomic E-state index is -3.61. The fraction of sp³-hybridized carbons (Fsp3) is 0.571. The van der Waals surface area contributed by atoms with E-state index in [2.05, 4.69) is 4.98 Å². The zero-order valence-electron chi connectivity index (χ0n) is 13.1. The van der Waals surface area contributed by atoms with E-state index in [1.54, 1.807) is 9.80 Å². The first kappa shape index (κ1) is 17.4. The van der Waals surface area contributed by atoms with Gasteiger partial charge in [-0.15, -0.1) is 0 Å². The SMILES string of the molecule is O=C(N1CCOCC1)N1CCN(S(=O)(=O)c2ccc(Cl)nc2)CC1. The summed E-state index contributed by atoms with van der Waals surface area (Å²) in [5, 5.41) is 0.245. The average Bonchev–Trinajstić information content (AvgIpc) is 2.62. The molecule has 0 unspecified atom stereocenters. The number of amides is 2. The first-order valence-corrected chi connectivity index (χ1v) is 9.53. The molecule has 132 valence electrons. The van der Waals surface area contributed by atoms with E-state index in [1.165, 1.54) is 22.6 Å². The molecule has 0 atom stereocenters. The van der Waals surface area contributed by atoms with E-state index in [-0.39, 0.29) is 29.2 Å². The molecule has 0 aromatic carbocycles. The second-order valence-corrected chi connectivity index (χ2v) is 7.91. The molecule has 2 aliphatic rings. The van der Waals surface area contributed by atoms with Crippen molar-refractivity contribution in [3.8, 4) is 0 Å². The van der Waals surface area contributed by atoms with Crippen LogP contribution in [0.1, 0.15) is 0 Å². The fourth-order valence-corrected chi connectivity index (χ4v) is 4.22. The molecule has 2 amide bonds. The van der Waals surface area contributed by atoms with E-state index in [9.17, 15) is 13.2 Å². The van der Waals surface area contributed by atoms with E-state index in [1.807, 2.05) is 0 Å². The molecule has 2 aliphatic heterocycles. The number of aromatic nitrogens is 1. The Morgan fingerprint density at radius 2 is 1.67 bits per heavy atom. The molecule has 1 aromatic heterocycles. The minimum absolute atomic E-state index is 0.0523. The number of piperazine rings is 1. The van der Waals surface area contributed by atoms with Crippen molar-refractivity contribution in [2.45, 2.75) is 4.90 Å². The summed E-state index contributed by atoms with van der Waals surface area (Å²) in [6.07, 6.45) is 1.25. The van der Waals surface area contributed by atoms with Crippen molar-refractivity contribution in [3.63, 3.8) is 0 Å². The van der Waals surface area contributed by atoms with Crippen LogP contribution in [0.25, 0.3) is 0 Å². The zero-order chi connectivity index (χ0) is 17.2. The summed E-state index contributed by atoms with van der Waals surface area (Å²) in [4.78, 5) is 19.8. The van der Waals surface area contributed by atoms with Gasteiger partial charge in [-0.3, -0.25) is 0 Å². The van der Waals surface area contributed by atoms with Gasteiger partial charge in [0.2, 0.25) is 10.0 Å². The van der Waals surface area contributed by atoms with Crippen molar-refractivity contribution in [1.82, 2.24) is 19.1 Å². The number of morpholine rings is 1. The first-order valence-electron chi connectivity index (χ1n) is 7.72. The Labute approximate surface area is 146 Å². The molecule has 0 saturated carbocycles. The van der Waals surface area contributed by atoms with E-state index >= 15 is 0 Å². The number of rotatable bonds is 2. The van der Waals surface area contributed by atoms with E-state index < -0.39 is 10.0 Å². The van der Waals surface area contributed by atoms with Crippen LogP contribution in [0.5, 0.6) is 0 Å². The number of hydrogen-bond acceptors (Lipinski definition) is 5. The topological polar surface area (TPSA) is 83.0 Å². The van der Waals surface area contributed by atoms with Crippen molar-refractivity contribution < 1.29 is 17.9 Å². The lowest BCUT2D eigenvalue weighted by atomic mass is 10.3. The van der Waals surface area contributed by atoms with E-state index in [4.69, 9.17) is 16.3 Å². The third kappa shape index (κ3) is 3.64. The lowest BCUT2D eigenvalue weighted by Crippen LogP contribution is -2.55. The molecule has 2 saturated heterocycles. The third-order valence-corrected chi connectivity index (χ3v) is 6.23. The van der Waals surface area contributed by atoms with Gasteiger partial charge in [0.25, 0.3) is 0 Å². The number of nitrogens with zero attached hydrogens (tertiary/aromatic N) is 4. The standard InChI is InChI=1S/C14H19ClN4O4S/c15-13-2-1-12(11-16-13)24(21,22)19-5-3-17(4-6-19)14(20)18-7-9-23-10-8-18/h1-2,11H,3-10H2. The number of sulfonamides is 1. The summed E-state index contributed by atoms with van der Waals surface area (Å²) in [5.74, 6) is 0. The van der Waals surface area contributed by atoms with Gasteiger partial charge in [-0.05, 0) is 12.1 Å². The highest BCUT2D eigenvalue weighted by Gasteiger charge is 2.32. The Morgan fingerprint density at radius 1 is 1.04 bits per heavy atom. The van der Waals surface area contributed by atoms with Crippen molar-refractivity contribution in [2.24, 2.45) is 0 Å². The van der Waals surface area contributed by atoms with Crippen LogP contribution in [0.2, 0.25) is 5.15 Å². The summed E-state index contributed by atoms with van der Waals surface area (Å²) >= 11 is 5.70. The van der Waals surface area contributed by atoms with Gasteiger partial charge in [0.1, 0.15) is 10.0 Å². The molecule has 2 fully saturated rings. The van der Waals surface area contributed by atoms with Crippen molar-refractivity contribution in [2.75, 3.05) is 52.5 Å². The predicted molar refractivity (Wildman–Crippen MR) is 87.4 cm³/mol. The van der Waals surface area contributed by atoms with Crippen LogP contribution in [-0.4, -0.2) is 86.0 Å². The Kier molecular flexibility index (Phi) is 5.24. The van der Waals surface area contributed by atoms with Gasteiger partial charge in [0.15, 0.2) is 0 Å². The van der Waals surface area contributed by atoms with Crippen LogP contribution in [0.15, 0.2) is 23.2 Å². The van der Waals surface area contributed by atoms with E-state index in [0.717, 1.165) is 0 Å². The highest BCUT2D eigenvalue weighted by Crippen LogP contribution is 2.18. The third-order valence-electron chi connectivity index (χ3n) is 4.13. The van der Waals surface area contributed by atoms with Crippen molar-refractivity contribution in [3.05, 3.63) is 23.5 Å². The molecule has 0 radical (unpaired) electrons. The van der Waals surface area contributed by atoms with Gasteiger partial charge >= 0.3 is 6.03 Å². The number of carbonyl (C=O) groups is 1. The Morgan fingerprint density at radius 3 is 2.25 bits per heavy atom. The minimum Gasteiger partial charge on any atom is -0.378 e. The largest absolute Gasteiger partial charge is 0.378 e. The number of halogens is 1. The van der Waals surface area contributed by atoms with Gasteiger partial charge in [-0.2, -0.15) is 4.31 Å². The smallest absolute Gasteiger partial charge is 0.320 e. The second kappa shape index (κ2) is 7.22. The van der Waals surface area contributed by atoms with Crippen LogP contribution >= 0.6 is 11.6 Å². The van der Waals surface area contributed by atoms with Crippen LogP contribution in [-0.2, 0) is 14.8 Å². The fourth-order valence-electron chi connectivity index (χ4n) is 2.74. The van der Waals surface area contributed by atoms with Crippen LogP contribution in [0, 0.1) is 0 Å². The summed E-state index contributed by atoms with van der Waals surface area (Å²) in [6.45, 7) is 3.52. The maximum Gasteiger partial charge on any atom is 0.320 e. The average molecular weight is 375 g/mol. The second-order valence-electron chi connectivity index (χ2n) is 5.59. The van der Waals surface area contributed by atoms with Crippen LogP contribution < -0.4 is 0 Å². The number of urea groups is 1. The molecule has 24 heavy (non-hydrogen) atoms. The van der Waals surface area contributed by atoms with Gasteiger partial charge in [0, 0.05) is 45.5 Å². The Balaban J connectivity index is 1.62. The molecular weight excluding hydrogens is 356 g/mol. The summed E-state index contributed by atoms with van der Waals surface area (Å²) in [6, 6.07) is 2.84. The maximum absolute atomic E-state index is 12.6. The van der Waals surface area contributed by atoms with E-state index in [0.29, 0.717) is 39.4 Å². The van der Waals surface area contributed by atoms with Gasteiger partial charge in [0.05, 0.1) is 13.2 Å². The Bertz CT molecular complexity index is 683. The molecule has 10 heteroatoms. The molecule has 0 bridgehead atoms. The quantitative estimate of drug-likeness (QED) is 0.704. The number of pyridine rings is 1. The number of hydrogen-bond donors (Lipinski definition) is 0. The Hall–Kier alpha value is -1.42. The summed E-state index contributed by atoms with van der Waals surface area (Å²) in [7, 11) is -3.61. The van der Waals surface area contributed by atoms with Gasteiger partial charge in [-0.25, -0.2) is 18.2 Å². The lowest BCUT2D eigenvalue weighted by Gasteiger charge is -2.38. The maximum atomic E-state index is 12.6. The molecule has 3 heterocycles. The number of carbonyl (C=O) groups excluding carboxylic acids is 1. The predicted octanol–water partition coefficient (Wildman–Crippen LogP) is 0.494. The van der Waals surface area contributed by atoms with Gasteiger partial charge in [-0.1, -0.05) is 11.6 Å². The lowest BCUT2D eigenvalue weighted by molar-refractivity contribution is 0.0405. The van der Waals surface area contributed by atoms with Gasteiger partial charge < -0.3 is 14.5 Å². The van der Waals surface area contributed by atoms with Crippen molar-refractivity contribution >= 4 is 27.7 Å². The first-order chi connectivity index (χ1) is 11.5. The highest BCUT2D eigenvalue weighted by molar-refractivity contribution is 7.89. The summed E-state index contributed by atoms with van der Waals surface area (Å²) in [5.41, 5.74) is 0. The molecular formula is C14H19ClN4O4S. The molecule has 8 nitrogen and oxygen atoms in total. The van der Waals surface area contributed by atoms with Crippen molar-refractivity contribution in [1.29, 1.82) is 0 Å². The van der Waals surface area contributed by atoms with Crippen LogP contribution in [0.3, 0.4) is 0 Å². The monoisotopic (exact) mass is 374 g/mol.